The monoisotopic (exact) mass is 373 g/mol. The van der Waals surface area contributed by atoms with E-state index in [9.17, 15) is 0 Å². The molecule has 1 aromatic heterocycles. The average molecular weight is 374 g/mol. The summed E-state index contributed by atoms with van der Waals surface area (Å²) in [5.41, 5.74) is 4.21. The summed E-state index contributed by atoms with van der Waals surface area (Å²) < 4.78 is 11.9. The zero-order chi connectivity index (χ0) is 17.6. The van der Waals surface area contributed by atoms with Crippen molar-refractivity contribution in [3.63, 3.8) is 0 Å². The van der Waals surface area contributed by atoms with Crippen LogP contribution < -0.4 is 10.2 Å². The average Bonchev–Trinajstić information content (AvgIpc) is 3.22. The topological polar surface area (TPSA) is 46.6 Å². The number of nitrogens with zero attached hydrogens (tertiary/aromatic N) is 2. The number of nitrogens with one attached hydrogen (secondary N) is 1. The summed E-state index contributed by atoms with van der Waals surface area (Å²) >= 11 is 1.62. The van der Waals surface area contributed by atoms with Crippen molar-refractivity contribution in [3.8, 4) is 0 Å². The Bertz CT molecular complexity index is 644. The van der Waals surface area contributed by atoms with Crippen molar-refractivity contribution in [1.82, 2.24) is 10.3 Å². The molecule has 2 fully saturated rings. The smallest absolute Gasteiger partial charge is 0.0901 e. The number of aromatic nitrogens is 1. The highest BCUT2D eigenvalue weighted by molar-refractivity contribution is 7.07. The fourth-order valence-corrected chi connectivity index (χ4v) is 4.36. The third kappa shape index (κ3) is 4.62. The fraction of sp³-hybridized carbons (Fsp3) is 0.550. The van der Waals surface area contributed by atoms with E-state index in [4.69, 9.17) is 9.47 Å². The van der Waals surface area contributed by atoms with E-state index >= 15 is 0 Å². The van der Waals surface area contributed by atoms with Gasteiger partial charge in [0.1, 0.15) is 0 Å². The summed E-state index contributed by atoms with van der Waals surface area (Å²) in [5.74, 6) is 0. The fourth-order valence-electron chi connectivity index (χ4n) is 3.82. The number of ether oxygens (including phenoxy) is 2. The van der Waals surface area contributed by atoms with E-state index in [1.807, 2.05) is 5.51 Å². The molecule has 0 aliphatic carbocycles. The highest BCUT2D eigenvalue weighted by Gasteiger charge is 2.30. The first-order chi connectivity index (χ1) is 12.9. The van der Waals surface area contributed by atoms with E-state index in [0.717, 1.165) is 51.3 Å². The predicted molar refractivity (Wildman–Crippen MR) is 105 cm³/mol. The van der Waals surface area contributed by atoms with Gasteiger partial charge in [-0.25, -0.2) is 4.98 Å². The molecule has 6 heteroatoms. The van der Waals surface area contributed by atoms with Gasteiger partial charge in [-0.15, -0.1) is 11.3 Å². The van der Waals surface area contributed by atoms with Gasteiger partial charge in [-0.05, 0) is 31.4 Å². The van der Waals surface area contributed by atoms with Gasteiger partial charge in [-0.3, -0.25) is 0 Å². The molecule has 140 valence electrons. The number of hydrogen-bond donors (Lipinski definition) is 1. The quantitative estimate of drug-likeness (QED) is 0.843. The molecule has 3 heterocycles. The number of benzene rings is 1. The van der Waals surface area contributed by atoms with Crippen LogP contribution in [-0.4, -0.2) is 49.5 Å². The Morgan fingerprint density at radius 2 is 2.04 bits per heavy atom. The first kappa shape index (κ1) is 17.9. The lowest BCUT2D eigenvalue weighted by Crippen LogP contribution is -2.54. The molecule has 2 aliphatic heterocycles. The molecule has 2 aliphatic rings. The summed E-state index contributed by atoms with van der Waals surface area (Å²) in [6, 6.07) is 11.5. The van der Waals surface area contributed by atoms with Gasteiger partial charge in [0, 0.05) is 36.8 Å². The van der Waals surface area contributed by atoms with Gasteiger partial charge in [-0.2, -0.15) is 0 Å². The van der Waals surface area contributed by atoms with Crippen molar-refractivity contribution >= 4 is 17.0 Å². The van der Waals surface area contributed by atoms with Crippen molar-refractivity contribution in [3.05, 3.63) is 46.9 Å². The lowest BCUT2D eigenvalue weighted by Gasteiger charge is -2.39. The molecule has 2 saturated heterocycles. The number of hydrogen-bond acceptors (Lipinski definition) is 6. The Labute approximate surface area is 159 Å². The molecular formula is C20H27N3O2S. The molecule has 5 nitrogen and oxygen atoms in total. The molecule has 0 unspecified atom stereocenters. The summed E-state index contributed by atoms with van der Waals surface area (Å²) in [6.07, 6.45) is 3.47. The molecule has 0 radical (unpaired) electrons. The Hall–Kier alpha value is -1.47. The van der Waals surface area contributed by atoms with Crippen LogP contribution in [0, 0.1) is 0 Å². The molecular weight excluding hydrogens is 346 g/mol. The second kappa shape index (κ2) is 8.95. The Morgan fingerprint density at radius 1 is 1.19 bits per heavy atom. The maximum absolute atomic E-state index is 6.16. The van der Waals surface area contributed by atoms with Crippen LogP contribution in [0.15, 0.2) is 41.2 Å². The number of rotatable bonds is 6. The molecule has 0 spiro atoms. The van der Waals surface area contributed by atoms with Crippen LogP contribution >= 0.6 is 11.3 Å². The van der Waals surface area contributed by atoms with Crippen molar-refractivity contribution in [2.75, 3.05) is 31.2 Å². The van der Waals surface area contributed by atoms with Crippen molar-refractivity contribution < 1.29 is 9.47 Å². The van der Waals surface area contributed by atoms with Crippen LogP contribution in [0.25, 0.3) is 0 Å². The van der Waals surface area contributed by atoms with Gasteiger partial charge in [0.25, 0.3) is 0 Å². The van der Waals surface area contributed by atoms with E-state index in [1.165, 1.54) is 5.69 Å². The molecule has 0 bridgehead atoms. The summed E-state index contributed by atoms with van der Waals surface area (Å²) in [7, 11) is 0. The highest BCUT2D eigenvalue weighted by Crippen LogP contribution is 2.21. The lowest BCUT2D eigenvalue weighted by atomic mass is 10.00. The first-order valence-electron chi connectivity index (χ1n) is 9.51. The van der Waals surface area contributed by atoms with Gasteiger partial charge in [-0.1, -0.05) is 18.2 Å². The summed E-state index contributed by atoms with van der Waals surface area (Å²) in [5, 5.41) is 5.87. The number of para-hydroxylation sites is 1. The molecule has 4 rings (SSSR count). The highest BCUT2D eigenvalue weighted by atomic mass is 32.1. The molecule has 2 aromatic rings. The molecule has 0 saturated carbocycles. The van der Waals surface area contributed by atoms with E-state index in [0.29, 0.717) is 12.6 Å². The number of anilines is 1. The van der Waals surface area contributed by atoms with Crippen LogP contribution in [-0.2, 0) is 16.1 Å². The predicted octanol–water partition coefficient (Wildman–Crippen LogP) is 3.08. The normalized spacial score (nSPS) is 24.7. The first-order valence-corrected chi connectivity index (χ1v) is 10.5. The summed E-state index contributed by atoms with van der Waals surface area (Å²) in [6.45, 7) is 4.31. The minimum Gasteiger partial charge on any atom is -0.380 e. The standard InChI is InChI=1S/C20H27N3O2S/c1-2-4-18(5-3-1)23-9-6-16(7-10-23)22-19-13-24-11-8-20(19)25-12-17-14-26-15-21-17/h1-5,14-16,19-20,22H,6-13H2/t19-,20+/m0/s1. The maximum atomic E-state index is 6.16. The Morgan fingerprint density at radius 3 is 2.81 bits per heavy atom. The SMILES string of the molecule is c1ccc(N2CCC(N[C@H]3COCC[C@H]3OCc3cscn3)CC2)cc1. The third-order valence-electron chi connectivity index (χ3n) is 5.29. The van der Waals surface area contributed by atoms with Crippen LogP contribution in [0.1, 0.15) is 25.0 Å². The van der Waals surface area contributed by atoms with Crippen molar-refractivity contribution in [2.45, 2.75) is 44.1 Å². The molecule has 1 N–H and O–H groups in total. The second-order valence-corrected chi connectivity index (χ2v) is 7.78. The molecule has 1 aromatic carbocycles. The van der Waals surface area contributed by atoms with E-state index in [2.05, 4.69) is 50.9 Å². The molecule has 0 amide bonds. The second-order valence-electron chi connectivity index (χ2n) is 7.06. The molecule has 2 atom stereocenters. The Kier molecular flexibility index (Phi) is 6.17. The third-order valence-corrected chi connectivity index (χ3v) is 5.92. The summed E-state index contributed by atoms with van der Waals surface area (Å²) in [4.78, 5) is 6.79. The van der Waals surface area contributed by atoms with Gasteiger partial charge in [0.2, 0.25) is 0 Å². The van der Waals surface area contributed by atoms with Crippen LogP contribution in [0.5, 0.6) is 0 Å². The van der Waals surface area contributed by atoms with Gasteiger partial charge < -0.3 is 19.7 Å². The Balaban J connectivity index is 1.27. The zero-order valence-corrected chi connectivity index (χ0v) is 15.9. The van der Waals surface area contributed by atoms with E-state index in [1.54, 1.807) is 11.3 Å². The largest absolute Gasteiger partial charge is 0.380 e. The van der Waals surface area contributed by atoms with Crippen LogP contribution in [0.2, 0.25) is 0 Å². The van der Waals surface area contributed by atoms with Crippen molar-refractivity contribution in [2.24, 2.45) is 0 Å². The van der Waals surface area contributed by atoms with Crippen LogP contribution in [0.3, 0.4) is 0 Å². The zero-order valence-electron chi connectivity index (χ0n) is 15.0. The van der Waals surface area contributed by atoms with Gasteiger partial charge >= 0.3 is 0 Å². The number of piperidine rings is 1. The van der Waals surface area contributed by atoms with E-state index < -0.39 is 0 Å². The maximum Gasteiger partial charge on any atom is 0.0901 e. The van der Waals surface area contributed by atoms with Gasteiger partial charge in [0.05, 0.1) is 36.6 Å². The van der Waals surface area contributed by atoms with Crippen molar-refractivity contribution in [1.29, 1.82) is 0 Å². The minimum absolute atomic E-state index is 0.206. The number of thiazole rings is 1. The lowest BCUT2D eigenvalue weighted by molar-refractivity contribution is -0.0664. The molecule has 26 heavy (non-hydrogen) atoms. The minimum atomic E-state index is 0.206. The van der Waals surface area contributed by atoms with Crippen LogP contribution in [0.4, 0.5) is 5.69 Å². The van der Waals surface area contributed by atoms with E-state index in [-0.39, 0.29) is 12.1 Å². The van der Waals surface area contributed by atoms with Gasteiger partial charge in [0.15, 0.2) is 0 Å².